The molecule has 0 fully saturated rings. The van der Waals surface area contributed by atoms with Crippen LogP contribution in [0.2, 0.25) is 0 Å². The van der Waals surface area contributed by atoms with Crippen molar-refractivity contribution in [2.45, 2.75) is 13.8 Å². The van der Waals surface area contributed by atoms with Gasteiger partial charge in [0.2, 0.25) is 0 Å². The summed E-state index contributed by atoms with van der Waals surface area (Å²) in [6, 6.07) is 29.0. The Labute approximate surface area is 175 Å². The summed E-state index contributed by atoms with van der Waals surface area (Å²) >= 11 is 0. The van der Waals surface area contributed by atoms with Gasteiger partial charge >= 0.3 is 0 Å². The standard InChI is InChI=1S/C26H22N4/c1-17-7-11-21(12-8-17)27-25-26(28-22-13-9-18(2)10-14-22)30-24-16-20-6-4-3-5-19(20)15-23(24)29-25/h3-16H,1-2H3,(H,27,29)(H,28,30). The second-order valence-electron chi connectivity index (χ2n) is 7.59. The van der Waals surface area contributed by atoms with Crippen molar-refractivity contribution in [3.63, 3.8) is 0 Å². The Morgan fingerprint density at radius 2 is 0.933 bits per heavy atom. The Hall–Kier alpha value is -3.92. The van der Waals surface area contributed by atoms with Crippen molar-refractivity contribution in [3.05, 3.63) is 96.1 Å². The summed E-state index contributed by atoms with van der Waals surface area (Å²) in [4.78, 5) is 9.84. The number of aromatic nitrogens is 2. The van der Waals surface area contributed by atoms with Crippen LogP contribution in [0.5, 0.6) is 0 Å². The first kappa shape index (κ1) is 18.1. The lowest BCUT2D eigenvalue weighted by Gasteiger charge is -2.14. The van der Waals surface area contributed by atoms with E-state index in [1.165, 1.54) is 11.1 Å². The van der Waals surface area contributed by atoms with Crippen molar-refractivity contribution in [2.24, 2.45) is 0 Å². The number of benzene rings is 4. The number of aryl methyl sites for hydroxylation is 2. The van der Waals surface area contributed by atoms with Gasteiger partial charge in [0, 0.05) is 11.4 Å². The summed E-state index contributed by atoms with van der Waals surface area (Å²) in [7, 11) is 0. The first-order chi connectivity index (χ1) is 14.6. The maximum absolute atomic E-state index is 4.92. The molecular weight excluding hydrogens is 368 g/mol. The minimum Gasteiger partial charge on any atom is -0.337 e. The highest BCUT2D eigenvalue weighted by Gasteiger charge is 2.11. The van der Waals surface area contributed by atoms with Crippen LogP contribution < -0.4 is 10.6 Å². The molecule has 0 aliphatic heterocycles. The van der Waals surface area contributed by atoms with E-state index in [9.17, 15) is 0 Å². The van der Waals surface area contributed by atoms with Gasteiger partial charge in [-0.2, -0.15) is 0 Å². The van der Waals surface area contributed by atoms with Crippen LogP contribution in [0, 0.1) is 13.8 Å². The van der Waals surface area contributed by atoms with Crippen LogP contribution in [-0.4, -0.2) is 9.97 Å². The van der Waals surface area contributed by atoms with E-state index in [-0.39, 0.29) is 0 Å². The highest BCUT2D eigenvalue weighted by molar-refractivity contribution is 5.96. The van der Waals surface area contributed by atoms with Crippen LogP contribution >= 0.6 is 0 Å². The molecule has 146 valence electrons. The molecule has 0 saturated heterocycles. The molecule has 0 radical (unpaired) electrons. The fraction of sp³-hybridized carbons (Fsp3) is 0.0769. The molecule has 0 aliphatic carbocycles. The molecule has 0 saturated carbocycles. The topological polar surface area (TPSA) is 49.8 Å². The predicted octanol–water partition coefficient (Wildman–Crippen LogP) is 6.89. The molecule has 0 atom stereocenters. The molecule has 30 heavy (non-hydrogen) atoms. The van der Waals surface area contributed by atoms with Crippen LogP contribution in [0.1, 0.15) is 11.1 Å². The predicted molar refractivity (Wildman–Crippen MR) is 126 cm³/mol. The van der Waals surface area contributed by atoms with E-state index in [1.54, 1.807) is 0 Å². The van der Waals surface area contributed by atoms with E-state index < -0.39 is 0 Å². The summed E-state index contributed by atoms with van der Waals surface area (Å²) in [6.07, 6.45) is 0. The number of nitrogens with zero attached hydrogens (tertiary/aromatic N) is 2. The Balaban J connectivity index is 1.63. The molecule has 1 aromatic heterocycles. The van der Waals surface area contributed by atoms with Crippen LogP contribution in [-0.2, 0) is 0 Å². The second kappa shape index (κ2) is 7.48. The Bertz CT molecular complexity index is 1230. The summed E-state index contributed by atoms with van der Waals surface area (Å²) < 4.78 is 0. The summed E-state index contributed by atoms with van der Waals surface area (Å²) in [5.74, 6) is 1.39. The molecule has 0 bridgehead atoms. The minimum atomic E-state index is 0.696. The molecular formula is C26H22N4. The highest BCUT2D eigenvalue weighted by atomic mass is 15.1. The van der Waals surface area contributed by atoms with Crippen molar-refractivity contribution in [1.82, 2.24) is 9.97 Å². The lowest BCUT2D eigenvalue weighted by Crippen LogP contribution is -2.03. The highest BCUT2D eigenvalue weighted by Crippen LogP contribution is 2.29. The maximum Gasteiger partial charge on any atom is 0.174 e. The van der Waals surface area contributed by atoms with E-state index in [0.29, 0.717) is 11.6 Å². The zero-order valence-electron chi connectivity index (χ0n) is 17.0. The van der Waals surface area contributed by atoms with Gasteiger partial charge in [0.05, 0.1) is 11.0 Å². The van der Waals surface area contributed by atoms with Crippen LogP contribution in [0.4, 0.5) is 23.0 Å². The fourth-order valence-corrected chi connectivity index (χ4v) is 3.46. The van der Waals surface area contributed by atoms with Crippen molar-refractivity contribution in [1.29, 1.82) is 0 Å². The number of hydrogen-bond donors (Lipinski definition) is 2. The largest absolute Gasteiger partial charge is 0.337 e. The molecule has 4 heteroatoms. The number of rotatable bonds is 4. The second-order valence-corrected chi connectivity index (χ2v) is 7.59. The zero-order chi connectivity index (χ0) is 20.5. The number of anilines is 4. The van der Waals surface area contributed by atoms with Gasteiger partial charge in [0.1, 0.15) is 0 Å². The summed E-state index contributed by atoms with van der Waals surface area (Å²) in [5, 5.41) is 9.18. The van der Waals surface area contributed by atoms with Gasteiger partial charge < -0.3 is 10.6 Å². The fourth-order valence-electron chi connectivity index (χ4n) is 3.46. The molecule has 0 aliphatic rings. The molecule has 5 rings (SSSR count). The van der Waals surface area contributed by atoms with Gasteiger partial charge in [-0.3, -0.25) is 0 Å². The SMILES string of the molecule is Cc1ccc(Nc2nc3cc4ccccc4cc3nc2Nc2ccc(C)cc2)cc1. The molecule has 4 nitrogen and oxygen atoms in total. The van der Waals surface area contributed by atoms with E-state index >= 15 is 0 Å². The third-order valence-electron chi connectivity index (χ3n) is 5.16. The molecule has 0 spiro atoms. The summed E-state index contributed by atoms with van der Waals surface area (Å²) in [5.41, 5.74) is 6.10. The molecule has 0 unspecified atom stereocenters. The molecule has 0 amide bonds. The lowest BCUT2D eigenvalue weighted by atomic mass is 10.1. The van der Waals surface area contributed by atoms with Crippen molar-refractivity contribution in [2.75, 3.05) is 10.6 Å². The molecule has 4 aromatic carbocycles. The van der Waals surface area contributed by atoms with Crippen LogP contribution in [0.3, 0.4) is 0 Å². The first-order valence-electron chi connectivity index (χ1n) is 10.0. The Kier molecular flexibility index (Phi) is 4.52. The van der Waals surface area contributed by atoms with E-state index in [4.69, 9.17) is 9.97 Å². The first-order valence-corrected chi connectivity index (χ1v) is 10.0. The lowest BCUT2D eigenvalue weighted by molar-refractivity contribution is 1.27. The average molecular weight is 390 g/mol. The van der Waals surface area contributed by atoms with Gasteiger partial charge in [-0.05, 0) is 61.0 Å². The number of nitrogens with one attached hydrogen (secondary N) is 2. The summed E-state index contributed by atoms with van der Waals surface area (Å²) in [6.45, 7) is 4.16. The molecule has 5 aromatic rings. The molecule has 1 heterocycles. The zero-order valence-corrected chi connectivity index (χ0v) is 17.0. The minimum absolute atomic E-state index is 0.696. The smallest absolute Gasteiger partial charge is 0.174 e. The van der Waals surface area contributed by atoms with Gasteiger partial charge in [-0.15, -0.1) is 0 Å². The third-order valence-corrected chi connectivity index (χ3v) is 5.16. The van der Waals surface area contributed by atoms with Crippen molar-refractivity contribution >= 4 is 44.8 Å². The van der Waals surface area contributed by atoms with E-state index in [0.717, 1.165) is 33.2 Å². The van der Waals surface area contributed by atoms with Crippen molar-refractivity contribution in [3.8, 4) is 0 Å². The average Bonchev–Trinajstić information content (AvgIpc) is 2.76. The maximum atomic E-state index is 4.92. The van der Waals surface area contributed by atoms with Crippen molar-refractivity contribution < 1.29 is 0 Å². The Morgan fingerprint density at radius 3 is 1.33 bits per heavy atom. The van der Waals surface area contributed by atoms with E-state index in [2.05, 4.69) is 97.3 Å². The van der Waals surface area contributed by atoms with Crippen LogP contribution in [0.15, 0.2) is 84.9 Å². The van der Waals surface area contributed by atoms with E-state index in [1.807, 2.05) is 12.1 Å². The third kappa shape index (κ3) is 3.67. The Morgan fingerprint density at radius 1 is 0.533 bits per heavy atom. The van der Waals surface area contributed by atoms with Gasteiger partial charge in [0.15, 0.2) is 11.6 Å². The number of fused-ring (bicyclic) bond motifs is 2. The van der Waals surface area contributed by atoms with Gasteiger partial charge in [0.25, 0.3) is 0 Å². The number of hydrogen-bond acceptors (Lipinski definition) is 4. The normalized spacial score (nSPS) is 11.0. The van der Waals surface area contributed by atoms with Gasteiger partial charge in [-0.25, -0.2) is 9.97 Å². The van der Waals surface area contributed by atoms with Crippen LogP contribution in [0.25, 0.3) is 21.8 Å². The van der Waals surface area contributed by atoms with Gasteiger partial charge in [-0.1, -0.05) is 59.7 Å². The monoisotopic (exact) mass is 390 g/mol. The molecule has 2 N–H and O–H groups in total. The quantitative estimate of drug-likeness (QED) is 0.328.